The van der Waals surface area contributed by atoms with Gasteiger partial charge in [0.05, 0.1) is 11.0 Å². The Morgan fingerprint density at radius 3 is 2.67 bits per heavy atom. The number of sulfone groups is 1. The number of hydrogen-bond acceptors (Lipinski definition) is 3. The summed E-state index contributed by atoms with van der Waals surface area (Å²) in [5.41, 5.74) is 0. The van der Waals surface area contributed by atoms with E-state index in [1.165, 1.54) is 0 Å². The molecular formula is C8H17NO2S. The van der Waals surface area contributed by atoms with Gasteiger partial charge in [-0.15, -0.1) is 0 Å². The number of nitrogens with one attached hydrogen (secondary N) is 1. The van der Waals surface area contributed by atoms with Gasteiger partial charge in [0.25, 0.3) is 0 Å². The van der Waals surface area contributed by atoms with Crippen LogP contribution in [0, 0.1) is 5.92 Å². The Balaban J connectivity index is 2.61. The molecule has 1 unspecified atom stereocenters. The predicted molar refractivity (Wildman–Crippen MR) is 49.9 cm³/mol. The van der Waals surface area contributed by atoms with Crippen molar-refractivity contribution in [2.45, 2.75) is 25.5 Å². The van der Waals surface area contributed by atoms with Gasteiger partial charge in [-0.05, 0) is 12.3 Å². The fourth-order valence-electron chi connectivity index (χ4n) is 1.53. The first-order valence-electron chi connectivity index (χ1n) is 4.44. The minimum Gasteiger partial charge on any atom is -0.314 e. The van der Waals surface area contributed by atoms with Gasteiger partial charge >= 0.3 is 0 Å². The zero-order valence-corrected chi connectivity index (χ0v) is 8.52. The largest absolute Gasteiger partial charge is 0.314 e. The van der Waals surface area contributed by atoms with Gasteiger partial charge in [0.15, 0.2) is 9.84 Å². The maximum absolute atomic E-state index is 11.5. The minimum atomic E-state index is -2.78. The summed E-state index contributed by atoms with van der Waals surface area (Å²) in [5.74, 6) is 0.773. The molecule has 0 bridgehead atoms. The highest BCUT2D eigenvalue weighted by molar-refractivity contribution is 7.92. The van der Waals surface area contributed by atoms with Gasteiger partial charge in [-0.1, -0.05) is 13.8 Å². The Bertz CT molecular complexity index is 233. The molecule has 0 aromatic heterocycles. The SMILES string of the molecule is CC(C)CC1CNCCS1(=O)=O. The monoisotopic (exact) mass is 191 g/mol. The molecule has 1 atom stereocenters. The summed E-state index contributed by atoms with van der Waals surface area (Å²) < 4.78 is 23.0. The van der Waals surface area contributed by atoms with Crippen molar-refractivity contribution in [2.75, 3.05) is 18.8 Å². The lowest BCUT2D eigenvalue weighted by molar-refractivity contribution is 0.490. The van der Waals surface area contributed by atoms with Crippen molar-refractivity contribution >= 4 is 9.84 Å². The molecule has 4 heteroatoms. The second kappa shape index (κ2) is 3.75. The van der Waals surface area contributed by atoms with E-state index >= 15 is 0 Å². The standard InChI is InChI=1S/C8H17NO2S/c1-7(2)5-8-6-9-3-4-12(8,10)11/h7-9H,3-6H2,1-2H3. The van der Waals surface area contributed by atoms with Crippen LogP contribution < -0.4 is 5.32 Å². The van der Waals surface area contributed by atoms with Gasteiger partial charge in [0.1, 0.15) is 0 Å². The smallest absolute Gasteiger partial charge is 0.155 e. The van der Waals surface area contributed by atoms with Crippen molar-refractivity contribution < 1.29 is 8.42 Å². The maximum atomic E-state index is 11.5. The molecule has 1 saturated heterocycles. The van der Waals surface area contributed by atoms with E-state index in [4.69, 9.17) is 0 Å². The molecule has 0 amide bonds. The van der Waals surface area contributed by atoms with E-state index < -0.39 is 9.84 Å². The highest BCUT2D eigenvalue weighted by Crippen LogP contribution is 2.15. The Kier molecular flexibility index (Phi) is 3.12. The Labute approximate surface area is 74.5 Å². The lowest BCUT2D eigenvalue weighted by Crippen LogP contribution is -2.44. The van der Waals surface area contributed by atoms with Crippen LogP contribution in [0.15, 0.2) is 0 Å². The van der Waals surface area contributed by atoms with Crippen molar-refractivity contribution in [2.24, 2.45) is 5.92 Å². The lowest BCUT2D eigenvalue weighted by atomic mass is 10.1. The van der Waals surface area contributed by atoms with E-state index in [1.807, 2.05) is 0 Å². The van der Waals surface area contributed by atoms with Crippen LogP contribution in [-0.2, 0) is 9.84 Å². The topological polar surface area (TPSA) is 46.2 Å². The van der Waals surface area contributed by atoms with Crippen molar-refractivity contribution in [3.8, 4) is 0 Å². The molecule has 0 spiro atoms. The average Bonchev–Trinajstić information content (AvgIpc) is 1.92. The quantitative estimate of drug-likeness (QED) is 0.688. The molecule has 0 radical (unpaired) electrons. The van der Waals surface area contributed by atoms with Crippen molar-refractivity contribution in [1.82, 2.24) is 5.32 Å². The fourth-order valence-corrected chi connectivity index (χ4v) is 3.34. The molecule has 0 aliphatic carbocycles. The molecule has 0 aromatic rings. The maximum Gasteiger partial charge on any atom is 0.155 e. The highest BCUT2D eigenvalue weighted by Gasteiger charge is 2.28. The predicted octanol–water partition coefficient (Wildman–Crippen LogP) is 0.419. The first kappa shape index (κ1) is 9.99. The van der Waals surface area contributed by atoms with Gasteiger partial charge in [0.2, 0.25) is 0 Å². The van der Waals surface area contributed by atoms with Crippen molar-refractivity contribution in [1.29, 1.82) is 0 Å². The van der Waals surface area contributed by atoms with Crippen molar-refractivity contribution in [3.63, 3.8) is 0 Å². The second-order valence-corrected chi connectivity index (χ2v) is 6.22. The highest BCUT2D eigenvalue weighted by atomic mass is 32.2. The molecule has 1 fully saturated rings. The van der Waals surface area contributed by atoms with Crippen LogP contribution in [0.25, 0.3) is 0 Å². The zero-order chi connectivity index (χ0) is 9.19. The van der Waals surface area contributed by atoms with E-state index in [9.17, 15) is 8.42 Å². The second-order valence-electron chi connectivity index (χ2n) is 3.82. The van der Waals surface area contributed by atoms with E-state index in [2.05, 4.69) is 19.2 Å². The summed E-state index contributed by atoms with van der Waals surface area (Å²) in [6, 6.07) is 0. The van der Waals surface area contributed by atoms with E-state index in [0.29, 0.717) is 24.8 Å². The third kappa shape index (κ3) is 2.45. The summed E-state index contributed by atoms with van der Waals surface area (Å²) in [7, 11) is -2.78. The first-order valence-corrected chi connectivity index (χ1v) is 6.16. The Morgan fingerprint density at radius 2 is 2.17 bits per heavy atom. The summed E-state index contributed by atoms with van der Waals surface area (Å²) in [6.07, 6.45) is 0.787. The lowest BCUT2D eigenvalue weighted by Gasteiger charge is -2.24. The van der Waals surface area contributed by atoms with Gasteiger partial charge in [-0.25, -0.2) is 8.42 Å². The summed E-state index contributed by atoms with van der Waals surface area (Å²) in [5, 5.41) is 2.97. The molecule has 0 aromatic carbocycles. The normalized spacial score (nSPS) is 29.1. The van der Waals surface area contributed by atoms with Crippen LogP contribution in [0.5, 0.6) is 0 Å². The molecule has 3 nitrogen and oxygen atoms in total. The molecule has 1 rings (SSSR count). The van der Waals surface area contributed by atoms with Gasteiger partial charge in [0, 0.05) is 13.1 Å². The Morgan fingerprint density at radius 1 is 1.50 bits per heavy atom. The molecule has 72 valence electrons. The van der Waals surface area contributed by atoms with E-state index in [-0.39, 0.29) is 5.25 Å². The van der Waals surface area contributed by atoms with Crippen molar-refractivity contribution in [3.05, 3.63) is 0 Å². The minimum absolute atomic E-state index is 0.147. The number of rotatable bonds is 2. The van der Waals surface area contributed by atoms with Gasteiger partial charge < -0.3 is 5.32 Å². The summed E-state index contributed by atoms with van der Waals surface area (Å²) in [4.78, 5) is 0. The summed E-state index contributed by atoms with van der Waals surface area (Å²) >= 11 is 0. The molecule has 1 N–H and O–H groups in total. The molecular weight excluding hydrogens is 174 g/mol. The van der Waals surface area contributed by atoms with E-state index in [0.717, 1.165) is 6.42 Å². The Hall–Kier alpha value is -0.0900. The van der Waals surface area contributed by atoms with Gasteiger partial charge in [-0.3, -0.25) is 0 Å². The van der Waals surface area contributed by atoms with Crippen LogP contribution in [0.3, 0.4) is 0 Å². The van der Waals surface area contributed by atoms with Crippen LogP contribution in [0.1, 0.15) is 20.3 Å². The molecule has 1 aliphatic heterocycles. The molecule has 1 heterocycles. The van der Waals surface area contributed by atoms with Crippen LogP contribution >= 0.6 is 0 Å². The average molecular weight is 191 g/mol. The summed E-state index contributed by atoms with van der Waals surface area (Å²) in [6.45, 7) is 5.38. The van der Waals surface area contributed by atoms with Crippen LogP contribution in [-0.4, -0.2) is 32.5 Å². The zero-order valence-electron chi connectivity index (χ0n) is 7.71. The van der Waals surface area contributed by atoms with E-state index in [1.54, 1.807) is 0 Å². The third-order valence-corrected chi connectivity index (χ3v) is 4.33. The molecule has 12 heavy (non-hydrogen) atoms. The first-order chi connectivity index (χ1) is 5.52. The molecule has 1 aliphatic rings. The molecule has 0 saturated carbocycles. The third-order valence-electron chi connectivity index (χ3n) is 2.18. The van der Waals surface area contributed by atoms with Crippen LogP contribution in [0.4, 0.5) is 0 Å². The van der Waals surface area contributed by atoms with Crippen LogP contribution in [0.2, 0.25) is 0 Å². The number of hydrogen-bond donors (Lipinski definition) is 1. The van der Waals surface area contributed by atoms with Gasteiger partial charge in [-0.2, -0.15) is 0 Å². The fraction of sp³-hybridized carbons (Fsp3) is 1.00.